The van der Waals surface area contributed by atoms with Gasteiger partial charge in [-0.25, -0.2) is 4.79 Å². The van der Waals surface area contributed by atoms with E-state index in [0.717, 1.165) is 26.1 Å². The van der Waals surface area contributed by atoms with Crippen LogP contribution in [0.1, 0.15) is 12.8 Å². The zero-order valence-corrected chi connectivity index (χ0v) is 10.1. The van der Waals surface area contributed by atoms with Crippen LogP contribution in [0.15, 0.2) is 0 Å². The zero-order chi connectivity index (χ0) is 12.7. The highest BCUT2D eigenvalue weighted by atomic mass is 16.5. The van der Waals surface area contributed by atoms with Crippen LogP contribution in [0.3, 0.4) is 0 Å². The van der Waals surface area contributed by atoms with Gasteiger partial charge in [0.1, 0.15) is 13.2 Å². The lowest BCUT2D eigenvalue weighted by molar-refractivity contribution is -0.145. The summed E-state index contributed by atoms with van der Waals surface area (Å²) in [4.78, 5) is 23.4. The maximum atomic E-state index is 11.6. The molecule has 1 fully saturated rings. The summed E-state index contributed by atoms with van der Waals surface area (Å²) in [6.45, 7) is 1.58. The second-order valence-corrected chi connectivity index (χ2v) is 4.22. The molecule has 98 valence electrons. The maximum absolute atomic E-state index is 11.6. The minimum atomic E-state index is -1.06. The van der Waals surface area contributed by atoms with Crippen LogP contribution in [-0.2, 0) is 19.1 Å². The van der Waals surface area contributed by atoms with Crippen molar-refractivity contribution in [3.8, 4) is 0 Å². The van der Waals surface area contributed by atoms with Crippen LogP contribution in [0.25, 0.3) is 0 Å². The molecule has 1 saturated heterocycles. The number of likely N-dealkylation sites (N-methyl/N-ethyl adjacent to an activating group) is 1. The summed E-state index contributed by atoms with van der Waals surface area (Å²) in [7, 11) is 1.71. The molecule has 0 unspecified atom stereocenters. The van der Waals surface area contributed by atoms with Crippen molar-refractivity contribution in [2.24, 2.45) is 5.92 Å². The molecule has 1 amide bonds. The van der Waals surface area contributed by atoms with Crippen LogP contribution in [0.2, 0.25) is 0 Å². The SMILES string of the molecule is CN(CC1CCOCC1)C(=O)COCC(=O)O. The molecule has 0 bridgehead atoms. The lowest BCUT2D eigenvalue weighted by atomic mass is 10.00. The minimum Gasteiger partial charge on any atom is -0.480 e. The van der Waals surface area contributed by atoms with Crippen molar-refractivity contribution in [1.29, 1.82) is 0 Å². The van der Waals surface area contributed by atoms with E-state index in [1.165, 1.54) is 0 Å². The fourth-order valence-corrected chi connectivity index (χ4v) is 1.75. The van der Waals surface area contributed by atoms with Gasteiger partial charge in [0.25, 0.3) is 0 Å². The molecule has 0 aliphatic carbocycles. The van der Waals surface area contributed by atoms with Gasteiger partial charge in [-0.2, -0.15) is 0 Å². The van der Waals surface area contributed by atoms with Crippen LogP contribution in [0, 0.1) is 5.92 Å². The molecule has 0 saturated carbocycles. The molecule has 0 aromatic rings. The van der Waals surface area contributed by atoms with E-state index in [1.54, 1.807) is 11.9 Å². The van der Waals surface area contributed by atoms with Gasteiger partial charge in [-0.3, -0.25) is 4.79 Å². The fourth-order valence-electron chi connectivity index (χ4n) is 1.75. The van der Waals surface area contributed by atoms with E-state index in [0.29, 0.717) is 12.5 Å². The molecule has 0 aromatic carbocycles. The van der Waals surface area contributed by atoms with Gasteiger partial charge in [-0.05, 0) is 18.8 Å². The highest BCUT2D eigenvalue weighted by Gasteiger charge is 2.18. The summed E-state index contributed by atoms with van der Waals surface area (Å²) < 4.78 is 9.99. The number of carboxylic acids is 1. The zero-order valence-electron chi connectivity index (χ0n) is 10.1. The Bertz CT molecular complexity index is 263. The molecule has 1 heterocycles. The second-order valence-electron chi connectivity index (χ2n) is 4.22. The standard InChI is InChI=1S/C11H19NO5/c1-12(6-9-2-4-16-5-3-9)10(13)7-17-8-11(14)15/h9H,2-8H2,1H3,(H,14,15). The van der Waals surface area contributed by atoms with Crippen molar-refractivity contribution in [2.75, 3.05) is 40.0 Å². The van der Waals surface area contributed by atoms with E-state index < -0.39 is 12.6 Å². The molecule has 1 aliphatic heterocycles. The van der Waals surface area contributed by atoms with Crippen LogP contribution in [0.5, 0.6) is 0 Å². The van der Waals surface area contributed by atoms with E-state index in [-0.39, 0.29) is 12.5 Å². The van der Waals surface area contributed by atoms with Crippen LogP contribution >= 0.6 is 0 Å². The van der Waals surface area contributed by atoms with Crippen LogP contribution in [0.4, 0.5) is 0 Å². The number of carbonyl (C=O) groups is 2. The normalized spacial score (nSPS) is 16.8. The Labute approximate surface area is 100 Å². The molecule has 0 atom stereocenters. The fraction of sp³-hybridized carbons (Fsp3) is 0.818. The van der Waals surface area contributed by atoms with Crippen molar-refractivity contribution in [3.63, 3.8) is 0 Å². The lowest BCUT2D eigenvalue weighted by Gasteiger charge is -2.27. The van der Waals surface area contributed by atoms with Gasteiger partial charge >= 0.3 is 5.97 Å². The van der Waals surface area contributed by atoms with Gasteiger partial charge in [-0.15, -0.1) is 0 Å². The monoisotopic (exact) mass is 245 g/mol. The van der Waals surface area contributed by atoms with Crippen LogP contribution < -0.4 is 0 Å². The highest BCUT2D eigenvalue weighted by molar-refractivity contribution is 5.77. The number of ether oxygens (including phenoxy) is 2. The summed E-state index contributed by atoms with van der Waals surface area (Å²) in [5.41, 5.74) is 0. The molecular weight excluding hydrogens is 226 g/mol. The van der Waals surface area contributed by atoms with Gasteiger partial charge in [0.05, 0.1) is 0 Å². The predicted octanol–water partition coefficient (Wildman–Crippen LogP) is -0.0274. The summed E-state index contributed by atoms with van der Waals surface area (Å²) in [5, 5.41) is 8.36. The molecule has 17 heavy (non-hydrogen) atoms. The van der Waals surface area contributed by atoms with E-state index in [4.69, 9.17) is 14.6 Å². The molecule has 0 spiro atoms. The van der Waals surface area contributed by atoms with E-state index >= 15 is 0 Å². The van der Waals surface area contributed by atoms with E-state index in [2.05, 4.69) is 0 Å². The summed E-state index contributed by atoms with van der Waals surface area (Å²) in [6.07, 6.45) is 1.93. The van der Waals surface area contributed by atoms with Crippen molar-refractivity contribution < 1.29 is 24.2 Å². The summed E-state index contributed by atoms with van der Waals surface area (Å²) >= 11 is 0. The van der Waals surface area contributed by atoms with Crippen molar-refractivity contribution in [3.05, 3.63) is 0 Å². The quantitative estimate of drug-likeness (QED) is 0.711. The number of carboxylic acid groups (broad SMARTS) is 1. The van der Waals surface area contributed by atoms with Crippen molar-refractivity contribution in [2.45, 2.75) is 12.8 Å². The van der Waals surface area contributed by atoms with Gasteiger partial charge in [0.15, 0.2) is 0 Å². The molecule has 1 aliphatic rings. The first kappa shape index (κ1) is 13.9. The Kier molecular flexibility index (Phi) is 5.93. The van der Waals surface area contributed by atoms with Crippen LogP contribution in [-0.4, -0.2) is 61.9 Å². The Balaban J connectivity index is 2.18. The largest absolute Gasteiger partial charge is 0.480 e. The Morgan fingerprint density at radius 2 is 2.00 bits per heavy atom. The highest BCUT2D eigenvalue weighted by Crippen LogP contribution is 2.15. The van der Waals surface area contributed by atoms with Gasteiger partial charge in [0.2, 0.25) is 5.91 Å². The third-order valence-electron chi connectivity index (χ3n) is 2.75. The average Bonchev–Trinajstić information content (AvgIpc) is 2.29. The lowest BCUT2D eigenvalue weighted by Crippen LogP contribution is -2.36. The first-order valence-electron chi connectivity index (χ1n) is 5.71. The van der Waals surface area contributed by atoms with Gasteiger partial charge < -0.3 is 19.5 Å². The first-order valence-corrected chi connectivity index (χ1v) is 5.71. The number of amides is 1. The summed E-state index contributed by atoms with van der Waals surface area (Å²) in [5.74, 6) is -0.778. The Morgan fingerprint density at radius 3 is 2.59 bits per heavy atom. The Hall–Kier alpha value is -1.14. The summed E-state index contributed by atoms with van der Waals surface area (Å²) in [6, 6.07) is 0. The average molecular weight is 245 g/mol. The molecule has 1 rings (SSSR count). The predicted molar refractivity (Wildman–Crippen MR) is 59.6 cm³/mol. The topological polar surface area (TPSA) is 76.1 Å². The molecule has 0 radical (unpaired) electrons. The molecule has 1 N–H and O–H groups in total. The third-order valence-corrected chi connectivity index (χ3v) is 2.75. The van der Waals surface area contributed by atoms with Gasteiger partial charge in [-0.1, -0.05) is 0 Å². The first-order chi connectivity index (χ1) is 8.09. The van der Waals surface area contributed by atoms with E-state index in [1.807, 2.05) is 0 Å². The molecular formula is C11H19NO5. The van der Waals surface area contributed by atoms with Gasteiger partial charge in [0, 0.05) is 26.8 Å². The Morgan fingerprint density at radius 1 is 1.35 bits per heavy atom. The smallest absolute Gasteiger partial charge is 0.329 e. The number of carbonyl (C=O) groups excluding carboxylic acids is 1. The molecule has 6 heteroatoms. The third kappa shape index (κ3) is 5.65. The maximum Gasteiger partial charge on any atom is 0.329 e. The number of hydrogen-bond acceptors (Lipinski definition) is 4. The number of aliphatic carboxylic acids is 1. The minimum absolute atomic E-state index is 0.175. The number of nitrogens with zero attached hydrogens (tertiary/aromatic N) is 1. The van der Waals surface area contributed by atoms with E-state index in [9.17, 15) is 9.59 Å². The molecule has 0 aromatic heterocycles. The second kappa shape index (κ2) is 7.24. The van der Waals surface area contributed by atoms with Crippen molar-refractivity contribution in [1.82, 2.24) is 4.90 Å². The van der Waals surface area contributed by atoms with Crippen molar-refractivity contribution >= 4 is 11.9 Å². The number of hydrogen-bond donors (Lipinski definition) is 1. The molecule has 6 nitrogen and oxygen atoms in total. The number of rotatable bonds is 6.